The summed E-state index contributed by atoms with van der Waals surface area (Å²) in [6.07, 6.45) is 3.15. The van der Waals surface area contributed by atoms with E-state index in [4.69, 9.17) is 4.42 Å². The van der Waals surface area contributed by atoms with E-state index in [1.807, 2.05) is 0 Å². The molecule has 0 aliphatic heterocycles. The van der Waals surface area contributed by atoms with Crippen molar-refractivity contribution in [2.75, 3.05) is 0 Å². The summed E-state index contributed by atoms with van der Waals surface area (Å²) in [5, 5.41) is 10.3. The second kappa shape index (κ2) is 4.00. The predicted molar refractivity (Wildman–Crippen MR) is 67.4 cm³/mol. The maximum absolute atomic E-state index is 12.0. The molecule has 2 heterocycles. The Morgan fingerprint density at radius 3 is 2.72 bits per heavy atom. The highest BCUT2D eigenvalue weighted by Gasteiger charge is 2.14. The summed E-state index contributed by atoms with van der Waals surface area (Å²) in [5.74, 6) is -0.242. The molecule has 0 radical (unpaired) electrons. The van der Waals surface area contributed by atoms with Crippen LogP contribution in [0.2, 0.25) is 0 Å². The molecule has 3 aromatic rings. The fourth-order valence-electron chi connectivity index (χ4n) is 1.82. The van der Waals surface area contributed by atoms with Gasteiger partial charge in [-0.25, -0.2) is 0 Å². The van der Waals surface area contributed by atoms with Crippen molar-refractivity contribution in [1.82, 2.24) is 4.98 Å². The molecule has 18 heavy (non-hydrogen) atoms. The van der Waals surface area contributed by atoms with Crippen LogP contribution in [0.4, 0.5) is 0 Å². The summed E-state index contributed by atoms with van der Waals surface area (Å²) in [6, 6.07) is 10.2. The number of para-hydroxylation sites is 1. The normalized spacial score (nSPS) is 10.7. The standard InChI is InChI=1S/C14H9NO3/c16-12-10-5-1-2-6-11(10)18-14(13(12)17)9-4-3-7-15-8-9/h1-8,17H. The lowest BCUT2D eigenvalue weighted by molar-refractivity contribution is 0.449. The zero-order chi connectivity index (χ0) is 12.5. The molecule has 4 heteroatoms. The molecule has 1 aromatic carbocycles. The molecule has 1 N–H and O–H groups in total. The van der Waals surface area contributed by atoms with E-state index in [1.54, 1.807) is 42.6 Å². The average Bonchev–Trinajstić information content (AvgIpc) is 2.44. The minimum atomic E-state index is -0.435. The fourth-order valence-corrected chi connectivity index (χ4v) is 1.82. The second-order valence-electron chi connectivity index (χ2n) is 3.85. The molecule has 0 aliphatic rings. The molecule has 0 fully saturated rings. The highest BCUT2D eigenvalue weighted by atomic mass is 16.4. The van der Waals surface area contributed by atoms with Crippen molar-refractivity contribution in [3.63, 3.8) is 0 Å². The Morgan fingerprint density at radius 2 is 1.94 bits per heavy atom. The van der Waals surface area contributed by atoms with Crippen LogP contribution in [0, 0.1) is 0 Å². The number of nitrogens with zero attached hydrogens (tertiary/aromatic N) is 1. The smallest absolute Gasteiger partial charge is 0.235 e. The fraction of sp³-hybridized carbons (Fsp3) is 0. The molecular formula is C14H9NO3. The first kappa shape index (κ1) is 10.5. The topological polar surface area (TPSA) is 63.3 Å². The van der Waals surface area contributed by atoms with Gasteiger partial charge in [0.1, 0.15) is 5.58 Å². The van der Waals surface area contributed by atoms with Gasteiger partial charge in [-0.15, -0.1) is 0 Å². The molecule has 0 aliphatic carbocycles. The maximum atomic E-state index is 12.0. The van der Waals surface area contributed by atoms with Crippen molar-refractivity contribution < 1.29 is 9.52 Å². The summed E-state index contributed by atoms with van der Waals surface area (Å²) in [6.45, 7) is 0. The van der Waals surface area contributed by atoms with Crippen LogP contribution >= 0.6 is 0 Å². The van der Waals surface area contributed by atoms with Gasteiger partial charge in [0, 0.05) is 18.0 Å². The number of aromatic nitrogens is 1. The van der Waals surface area contributed by atoms with E-state index < -0.39 is 5.43 Å². The number of hydrogen-bond acceptors (Lipinski definition) is 4. The van der Waals surface area contributed by atoms with Crippen LogP contribution in [0.15, 0.2) is 58.0 Å². The summed E-state index contributed by atoms with van der Waals surface area (Å²) in [4.78, 5) is 15.9. The van der Waals surface area contributed by atoms with Crippen LogP contribution in [0.25, 0.3) is 22.3 Å². The van der Waals surface area contributed by atoms with Crippen molar-refractivity contribution in [3.05, 3.63) is 59.0 Å². The summed E-state index contributed by atoms with van der Waals surface area (Å²) < 4.78 is 5.57. The molecule has 0 saturated heterocycles. The maximum Gasteiger partial charge on any atom is 0.235 e. The first-order valence-electron chi connectivity index (χ1n) is 5.42. The third-order valence-corrected chi connectivity index (χ3v) is 2.70. The molecule has 0 atom stereocenters. The Hall–Kier alpha value is -2.62. The van der Waals surface area contributed by atoms with Gasteiger partial charge in [0.2, 0.25) is 11.2 Å². The SMILES string of the molecule is O=c1c(O)c(-c2cccnc2)oc2ccccc12. The third-order valence-electron chi connectivity index (χ3n) is 2.70. The molecule has 0 unspecified atom stereocenters. The zero-order valence-corrected chi connectivity index (χ0v) is 9.33. The van der Waals surface area contributed by atoms with E-state index in [0.717, 1.165) is 0 Å². The van der Waals surface area contributed by atoms with Gasteiger partial charge in [-0.05, 0) is 24.3 Å². The molecule has 2 aromatic heterocycles. The highest BCUT2D eigenvalue weighted by Crippen LogP contribution is 2.28. The molecule has 0 bridgehead atoms. The summed E-state index contributed by atoms with van der Waals surface area (Å²) in [7, 11) is 0. The number of benzene rings is 1. The van der Waals surface area contributed by atoms with Crippen molar-refractivity contribution in [2.24, 2.45) is 0 Å². The van der Waals surface area contributed by atoms with E-state index in [0.29, 0.717) is 16.5 Å². The number of hydrogen-bond donors (Lipinski definition) is 1. The van der Waals surface area contributed by atoms with E-state index in [9.17, 15) is 9.90 Å². The Morgan fingerprint density at radius 1 is 1.11 bits per heavy atom. The van der Waals surface area contributed by atoms with E-state index in [1.165, 1.54) is 6.20 Å². The Balaban J connectivity index is 2.38. The molecule has 4 nitrogen and oxygen atoms in total. The van der Waals surface area contributed by atoms with Crippen LogP contribution in [-0.4, -0.2) is 10.1 Å². The lowest BCUT2D eigenvalue weighted by atomic mass is 10.1. The average molecular weight is 239 g/mol. The van der Waals surface area contributed by atoms with Gasteiger partial charge in [-0.1, -0.05) is 12.1 Å². The summed E-state index contributed by atoms with van der Waals surface area (Å²) >= 11 is 0. The Bertz CT molecular complexity index is 763. The minimum absolute atomic E-state index is 0.145. The molecule has 0 amide bonds. The first-order chi connectivity index (χ1) is 8.77. The van der Waals surface area contributed by atoms with Crippen LogP contribution < -0.4 is 5.43 Å². The lowest BCUT2D eigenvalue weighted by Gasteiger charge is -2.04. The summed E-state index contributed by atoms with van der Waals surface area (Å²) in [5.41, 5.74) is 0.577. The highest BCUT2D eigenvalue weighted by molar-refractivity contribution is 5.81. The largest absolute Gasteiger partial charge is 0.502 e. The predicted octanol–water partition coefficient (Wildman–Crippen LogP) is 2.56. The van der Waals surface area contributed by atoms with E-state index >= 15 is 0 Å². The molecular weight excluding hydrogens is 230 g/mol. The zero-order valence-electron chi connectivity index (χ0n) is 9.33. The molecule has 3 rings (SSSR count). The van der Waals surface area contributed by atoms with Gasteiger partial charge >= 0.3 is 0 Å². The number of aromatic hydroxyl groups is 1. The lowest BCUT2D eigenvalue weighted by Crippen LogP contribution is -2.02. The van der Waals surface area contributed by atoms with Gasteiger partial charge in [0.15, 0.2) is 5.76 Å². The van der Waals surface area contributed by atoms with Crippen LogP contribution in [0.5, 0.6) is 5.75 Å². The first-order valence-corrected chi connectivity index (χ1v) is 5.42. The van der Waals surface area contributed by atoms with Crippen molar-refractivity contribution >= 4 is 11.0 Å². The number of rotatable bonds is 1. The number of fused-ring (bicyclic) bond motifs is 1. The van der Waals surface area contributed by atoms with Gasteiger partial charge in [0.25, 0.3) is 0 Å². The van der Waals surface area contributed by atoms with E-state index in [-0.39, 0.29) is 11.5 Å². The Kier molecular flexibility index (Phi) is 2.34. The molecule has 88 valence electrons. The second-order valence-corrected chi connectivity index (χ2v) is 3.85. The van der Waals surface area contributed by atoms with Crippen molar-refractivity contribution in [2.45, 2.75) is 0 Å². The molecule has 0 spiro atoms. The minimum Gasteiger partial charge on any atom is -0.502 e. The van der Waals surface area contributed by atoms with Gasteiger partial charge in [0.05, 0.1) is 5.39 Å². The third kappa shape index (κ3) is 1.55. The molecule has 0 saturated carbocycles. The number of pyridine rings is 1. The van der Waals surface area contributed by atoms with Gasteiger partial charge < -0.3 is 9.52 Å². The van der Waals surface area contributed by atoms with Crippen LogP contribution in [-0.2, 0) is 0 Å². The van der Waals surface area contributed by atoms with Gasteiger partial charge in [-0.3, -0.25) is 9.78 Å². The van der Waals surface area contributed by atoms with Crippen LogP contribution in [0.1, 0.15) is 0 Å². The Labute approximate surface area is 102 Å². The van der Waals surface area contributed by atoms with Crippen molar-refractivity contribution in [3.8, 4) is 17.1 Å². The van der Waals surface area contributed by atoms with Gasteiger partial charge in [-0.2, -0.15) is 0 Å². The van der Waals surface area contributed by atoms with Crippen molar-refractivity contribution in [1.29, 1.82) is 0 Å². The monoisotopic (exact) mass is 239 g/mol. The van der Waals surface area contributed by atoms with E-state index in [2.05, 4.69) is 4.98 Å². The quantitative estimate of drug-likeness (QED) is 0.708. The van der Waals surface area contributed by atoms with Crippen LogP contribution in [0.3, 0.4) is 0 Å².